The minimum atomic E-state index is -0.542. The molecule has 0 bridgehead atoms. The molecule has 0 radical (unpaired) electrons. The van der Waals surface area contributed by atoms with Crippen LogP contribution < -0.4 is 16.6 Å². The van der Waals surface area contributed by atoms with E-state index in [-0.39, 0.29) is 6.61 Å². The Morgan fingerprint density at radius 3 is 2.76 bits per heavy atom. The first-order valence-electron chi connectivity index (χ1n) is 9.77. The fourth-order valence-electron chi connectivity index (χ4n) is 3.51. The van der Waals surface area contributed by atoms with Gasteiger partial charge in [0.1, 0.15) is 11.5 Å². The van der Waals surface area contributed by atoms with Gasteiger partial charge in [0.25, 0.3) is 5.56 Å². The summed E-state index contributed by atoms with van der Waals surface area (Å²) in [5.74, 6) is -0.481. The van der Waals surface area contributed by atoms with E-state index in [1.807, 2.05) is 0 Å². The van der Waals surface area contributed by atoms with Gasteiger partial charge in [0.2, 0.25) is 5.91 Å². The second kappa shape index (κ2) is 8.77. The van der Waals surface area contributed by atoms with Gasteiger partial charge in [-0.05, 0) is 44.6 Å². The summed E-state index contributed by atoms with van der Waals surface area (Å²) in [5, 5.41) is 3.16. The second-order valence-electron chi connectivity index (χ2n) is 7.13. The van der Waals surface area contributed by atoms with Gasteiger partial charge in [0, 0.05) is 23.7 Å². The molecular weight excluding hydrogens is 394 g/mol. The summed E-state index contributed by atoms with van der Waals surface area (Å²) in [6, 6.07) is 1.26. The molecule has 0 fully saturated rings. The summed E-state index contributed by atoms with van der Waals surface area (Å²) in [4.78, 5) is 50.6. The van der Waals surface area contributed by atoms with Crippen molar-refractivity contribution in [3.63, 3.8) is 0 Å². The van der Waals surface area contributed by atoms with Gasteiger partial charge in [-0.3, -0.25) is 14.2 Å². The summed E-state index contributed by atoms with van der Waals surface area (Å²) in [5.41, 5.74) is 0.255. The zero-order valence-corrected chi connectivity index (χ0v) is 17.6. The predicted octanol–water partition coefficient (Wildman–Crippen LogP) is 2.03. The van der Waals surface area contributed by atoms with Crippen LogP contribution >= 0.6 is 11.3 Å². The molecule has 0 aromatic carbocycles. The molecule has 1 aliphatic rings. The van der Waals surface area contributed by atoms with E-state index in [1.54, 1.807) is 13.8 Å². The number of nitrogens with zero attached hydrogens (tertiary/aromatic N) is 2. The van der Waals surface area contributed by atoms with E-state index >= 15 is 0 Å². The van der Waals surface area contributed by atoms with Crippen LogP contribution in [0.25, 0.3) is 0 Å². The lowest BCUT2D eigenvalue weighted by atomic mass is 9.88. The average molecular weight is 420 g/mol. The zero-order valence-electron chi connectivity index (χ0n) is 16.8. The van der Waals surface area contributed by atoms with Gasteiger partial charge in [-0.2, -0.15) is 0 Å². The number of aromatic nitrogens is 2. The number of anilines is 1. The summed E-state index contributed by atoms with van der Waals surface area (Å²) in [6.07, 6.45) is 3.99. The third kappa shape index (κ3) is 4.34. The van der Waals surface area contributed by atoms with Gasteiger partial charge < -0.3 is 14.6 Å². The van der Waals surface area contributed by atoms with Crippen molar-refractivity contribution in [1.29, 1.82) is 0 Å². The maximum atomic E-state index is 12.6. The largest absolute Gasteiger partial charge is 0.462 e. The van der Waals surface area contributed by atoms with Crippen LogP contribution in [0.4, 0.5) is 5.00 Å². The number of rotatable bonds is 6. The Hall–Kier alpha value is -2.68. The first-order chi connectivity index (χ1) is 13.8. The summed E-state index contributed by atoms with van der Waals surface area (Å²) in [7, 11) is 0. The number of nitrogens with one attached hydrogen (secondary N) is 1. The van der Waals surface area contributed by atoms with E-state index in [4.69, 9.17) is 4.74 Å². The molecule has 2 aromatic heterocycles. The fraction of sp³-hybridized carbons (Fsp3) is 0.500. The molecule has 9 heteroatoms. The molecule has 29 heavy (non-hydrogen) atoms. The number of fused-ring (bicyclic) bond motifs is 1. The van der Waals surface area contributed by atoms with Crippen LogP contribution in [0.3, 0.4) is 0 Å². The van der Waals surface area contributed by atoms with Crippen LogP contribution in [0.15, 0.2) is 21.9 Å². The molecule has 0 spiro atoms. The normalized spacial score (nSPS) is 15.6. The minimum Gasteiger partial charge on any atom is -0.462 e. The van der Waals surface area contributed by atoms with Crippen LogP contribution in [0.2, 0.25) is 0 Å². The van der Waals surface area contributed by atoms with Crippen molar-refractivity contribution in [1.82, 2.24) is 9.13 Å². The van der Waals surface area contributed by atoms with Crippen molar-refractivity contribution in [2.24, 2.45) is 5.92 Å². The number of ether oxygens (including phenoxy) is 1. The van der Waals surface area contributed by atoms with Gasteiger partial charge >= 0.3 is 11.7 Å². The molecule has 2 aromatic rings. The van der Waals surface area contributed by atoms with Crippen LogP contribution in [0.5, 0.6) is 0 Å². The van der Waals surface area contributed by atoms with Gasteiger partial charge in [-0.25, -0.2) is 9.59 Å². The number of carbonyl (C=O) groups is 2. The predicted molar refractivity (Wildman–Crippen MR) is 111 cm³/mol. The van der Waals surface area contributed by atoms with Crippen LogP contribution in [-0.2, 0) is 35.5 Å². The van der Waals surface area contributed by atoms with E-state index in [0.29, 0.717) is 23.0 Å². The first-order valence-corrected chi connectivity index (χ1v) is 10.6. The van der Waals surface area contributed by atoms with E-state index in [1.165, 1.54) is 28.2 Å². The summed E-state index contributed by atoms with van der Waals surface area (Å²) < 4.78 is 7.43. The SMILES string of the molecule is CCOC(=O)c1c(NC(=O)Cn2c(=O)ccn(CC)c2=O)sc2c1CC[C@@H](C)C2. The molecule has 1 N–H and O–H groups in total. The number of thiophene rings is 1. The molecule has 1 atom stereocenters. The smallest absolute Gasteiger partial charge is 0.341 e. The molecule has 0 aliphatic heterocycles. The van der Waals surface area contributed by atoms with Crippen molar-refractivity contribution in [2.45, 2.75) is 53.1 Å². The van der Waals surface area contributed by atoms with Gasteiger partial charge in [0.15, 0.2) is 0 Å². The van der Waals surface area contributed by atoms with Crippen molar-refractivity contribution < 1.29 is 14.3 Å². The lowest BCUT2D eigenvalue weighted by molar-refractivity contribution is -0.116. The Balaban J connectivity index is 1.90. The minimum absolute atomic E-state index is 0.239. The molecule has 156 valence electrons. The molecule has 1 aliphatic carbocycles. The van der Waals surface area contributed by atoms with Crippen molar-refractivity contribution in [3.8, 4) is 0 Å². The Morgan fingerprint density at radius 1 is 1.31 bits per heavy atom. The fourth-order valence-corrected chi connectivity index (χ4v) is 4.93. The highest BCUT2D eigenvalue weighted by Crippen LogP contribution is 2.40. The van der Waals surface area contributed by atoms with Crippen molar-refractivity contribution in [3.05, 3.63) is 49.1 Å². The van der Waals surface area contributed by atoms with Crippen LogP contribution in [0, 0.1) is 5.92 Å². The quantitative estimate of drug-likeness (QED) is 0.723. The average Bonchev–Trinajstić information content (AvgIpc) is 3.02. The number of hydrogen-bond acceptors (Lipinski definition) is 6. The Morgan fingerprint density at radius 2 is 2.07 bits per heavy atom. The molecule has 3 rings (SSSR count). The van der Waals surface area contributed by atoms with E-state index < -0.39 is 29.7 Å². The lowest BCUT2D eigenvalue weighted by Gasteiger charge is -2.18. The number of carbonyl (C=O) groups excluding carboxylic acids is 2. The molecular formula is C20H25N3O5S. The van der Waals surface area contributed by atoms with Crippen LogP contribution in [-0.4, -0.2) is 27.6 Å². The summed E-state index contributed by atoms with van der Waals surface area (Å²) in [6.45, 7) is 5.88. The monoisotopic (exact) mass is 419 g/mol. The van der Waals surface area contributed by atoms with Crippen molar-refractivity contribution in [2.75, 3.05) is 11.9 Å². The Bertz CT molecular complexity index is 1050. The number of amides is 1. The highest BCUT2D eigenvalue weighted by molar-refractivity contribution is 7.17. The van der Waals surface area contributed by atoms with Crippen LogP contribution in [0.1, 0.15) is 48.0 Å². The molecule has 2 heterocycles. The zero-order chi connectivity index (χ0) is 21.1. The van der Waals surface area contributed by atoms with Gasteiger partial charge in [-0.15, -0.1) is 11.3 Å². The molecule has 1 amide bonds. The van der Waals surface area contributed by atoms with E-state index in [9.17, 15) is 19.2 Å². The second-order valence-corrected chi connectivity index (χ2v) is 8.24. The molecule has 8 nitrogen and oxygen atoms in total. The maximum Gasteiger partial charge on any atom is 0.341 e. The van der Waals surface area contributed by atoms with E-state index in [0.717, 1.165) is 34.3 Å². The maximum absolute atomic E-state index is 12.6. The standard InChI is InChI=1S/C20H25N3O5S/c1-4-22-9-8-16(25)23(20(22)27)11-15(24)21-18-17(19(26)28-5-2)13-7-6-12(3)10-14(13)29-18/h8-9,12H,4-7,10-11H2,1-3H3,(H,21,24)/t12-/m1/s1. The Kier molecular flexibility index (Phi) is 6.36. The number of hydrogen-bond donors (Lipinski definition) is 1. The Labute approximate surface area is 172 Å². The highest BCUT2D eigenvalue weighted by Gasteiger charge is 2.29. The van der Waals surface area contributed by atoms with E-state index in [2.05, 4.69) is 12.2 Å². The first kappa shape index (κ1) is 21.0. The highest BCUT2D eigenvalue weighted by atomic mass is 32.1. The summed E-state index contributed by atoms with van der Waals surface area (Å²) >= 11 is 1.37. The molecule has 0 saturated carbocycles. The van der Waals surface area contributed by atoms with Crippen molar-refractivity contribution >= 4 is 28.2 Å². The number of aryl methyl sites for hydroxylation is 1. The third-order valence-corrected chi connectivity index (χ3v) is 6.20. The third-order valence-electron chi connectivity index (χ3n) is 5.03. The lowest BCUT2D eigenvalue weighted by Crippen LogP contribution is -2.41. The molecule has 0 saturated heterocycles. The molecule has 0 unspecified atom stereocenters. The van der Waals surface area contributed by atoms with Gasteiger partial charge in [-0.1, -0.05) is 6.92 Å². The topological polar surface area (TPSA) is 99.4 Å². The van der Waals surface area contributed by atoms with Gasteiger partial charge in [0.05, 0.1) is 12.2 Å². The number of esters is 1.